The first-order valence-electron chi connectivity index (χ1n) is 12.5. The van der Waals surface area contributed by atoms with Crippen LogP contribution < -0.4 is 4.74 Å². The minimum absolute atomic E-state index is 0.0322. The van der Waals surface area contributed by atoms with Gasteiger partial charge in [-0.3, -0.25) is 4.90 Å². The van der Waals surface area contributed by atoms with Crippen LogP contribution in [-0.2, 0) is 26.2 Å². The molecular weight excluding hydrogens is 535 g/mol. The number of aliphatic hydroxyl groups is 1. The Morgan fingerprint density at radius 3 is 2.41 bits per heavy atom. The molecule has 0 spiro atoms. The largest absolute Gasteiger partial charge is 0.481 e. The molecule has 0 radical (unpaired) electrons. The van der Waals surface area contributed by atoms with E-state index in [-0.39, 0.29) is 32.5 Å². The molecule has 208 valence electrons. The summed E-state index contributed by atoms with van der Waals surface area (Å²) in [6.45, 7) is 2.70. The molecule has 13 heteroatoms. The number of likely N-dealkylation sites (tertiary alicyclic amines) is 1. The van der Waals surface area contributed by atoms with Crippen molar-refractivity contribution in [3.8, 4) is 5.88 Å². The summed E-state index contributed by atoms with van der Waals surface area (Å²) in [5.74, 6) is -0.273. The Labute approximate surface area is 228 Å². The highest BCUT2D eigenvalue weighted by Crippen LogP contribution is 2.41. The Kier molecular flexibility index (Phi) is 7.06. The van der Waals surface area contributed by atoms with Gasteiger partial charge in [0.1, 0.15) is 11.5 Å². The Morgan fingerprint density at radius 2 is 1.85 bits per heavy atom. The summed E-state index contributed by atoms with van der Waals surface area (Å²) in [6, 6.07) is 5.26. The second-order valence-electron chi connectivity index (χ2n) is 9.94. The zero-order chi connectivity index (χ0) is 28.1. The van der Waals surface area contributed by atoms with E-state index in [0.717, 1.165) is 0 Å². The highest BCUT2D eigenvalue weighted by Gasteiger charge is 2.42. The van der Waals surface area contributed by atoms with Gasteiger partial charge in [0.2, 0.25) is 5.88 Å². The maximum absolute atomic E-state index is 13.2. The van der Waals surface area contributed by atoms with Crippen LogP contribution in [0, 0.1) is 12.8 Å². The summed E-state index contributed by atoms with van der Waals surface area (Å²) >= 11 is 6.95. The molecule has 0 amide bonds. The summed E-state index contributed by atoms with van der Waals surface area (Å²) in [7, 11) is 4.99. The summed E-state index contributed by atoms with van der Waals surface area (Å²) in [5, 5.41) is 21.2. The maximum atomic E-state index is 13.2. The number of nitrogens with zero attached hydrogens (tertiary/aromatic N) is 7. The lowest BCUT2D eigenvalue weighted by atomic mass is 9.86. The van der Waals surface area contributed by atoms with E-state index in [1.165, 1.54) is 18.0 Å². The molecule has 4 heterocycles. The first kappa shape index (κ1) is 27.4. The van der Waals surface area contributed by atoms with E-state index in [1.807, 2.05) is 18.9 Å². The number of piperidine rings is 1. The number of imidazole rings is 1. The van der Waals surface area contributed by atoms with E-state index in [0.29, 0.717) is 50.1 Å². The van der Waals surface area contributed by atoms with Gasteiger partial charge in [-0.05, 0) is 50.6 Å². The van der Waals surface area contributed by atoms with Crippen molar-refractivity contribution in [2.75, 3.05) is 20.2 Å². The molecule has 1 aliphatic rings. The Morgan fingerprint density at radius 1 is 1.13 bits per heavy atom. The van der Waals surface area contributed by atoms with Crippen LogP contribution in [0.15, 0.2) is 30.6 Å². The Balaban J connectivity index is 1.59. The van der Waals surface area contributed by atoms with Gasteiger partial charge in [0.15, 0.2) is 5.60 Å². The van der Waals surface area contributed by atoms with Crippen LogP contribution in [0.25, 0.3) is 10.9 Å². The number of rotatable bonds is 6. The highest BCUT2D eigenvalue weighted by atomic mass is 35.5. The van der Waals surface area contributed by atoms with E-state index in [2.05, 4.69) is 20.3 Å². The zero-order valence-electron chi connectivity index (χ0n) is 22.0. The van der Waals surface area contributed by atoms with Crippen molar-refractivity contribution in [3.63, 3.8) is 0 Å². The number of ether oxygens (including phenoxy) is 1. The molecule has 5 rings (SSSR count). The van der Waals surface area contributed by atoms with Crippen LogP contribution in [0.1, 0.15) is 41.2 Å². The number of alkyl halides is 3. The van der Waals surface area contributed by atoms with E-state index >= 15 is 0 Å². The van der Waals surface area contributed by atoms with Crippen LogP contribution in [0.2, 0.25) is 5.02 Å². The molecule has 1 N–H and O–H groups in total. The van der Waals surface area contributed by atoms with Crippen molar-refractivity contribution >= 4 is 22.5 Å². The van der Waals surface area contributed by atoms with Crippen molar-refractivity contribution in [1.82, 2.24) is 34.4 Å². The number of methoxy groups -OCH3 is 1. The van der Waals surface area contributed by atoms with E-state index in [4.69, 9.17) is 16.3 Å². The van der Waals surface area contributed by atoms with Crippen molar-refractivity contribution in [2.24, 2.45) is 20.0 Å². The highest BCUT2D eigenvalue weighted by molar-refractivity contribution is 6.36. The lowest BCUT2D eigenvalue weighted by Gasteiger charge is -2.33. The van der Waals surface area contributed by atoms with Gasteiger partial charge in [-0.2, -0.15) is 13.2 Å². The lowest BCUT2D eigenvalue weighted by molar-refractivity contribution is -0.185. The van der Waals surface area contributed by atoms with E-state index in [1.54, 1.807) is 36.0 Å². The van der Waals surface area contributed by atoms with Crippen molar-refractivity contribution in [3.05, 3.63) is 64.0 Å². The van der Waals surface area contributed by atoms with Gasteiger partial charge in [-0.15, -0.1) is 5.10 Å². The number of benzene rings is 1. The fourth-order valence-corrected chi connectivity index (χ4v) is 5.59. The average Bonchev–Trinajstić information content (AvgIpc) is 3.50. The van der Waals surface area contributed by atoms with Crippen molar-refractivity contribution < 1.29 is 23.0 Å². The summed E-state index contributed by atoms with van der Waals surface area (Å²) in [5.41, 5.74) is 0.883. The van der Waals surface area contributed by atoms with Crippen molar-refractivity contribution in [1.29, 1.82) is 0 Å². The minimum Gasteiger partial charge on any atom is -0.481 e. The summed E-state index contributed by atoms with van der Waals surface area (Å²) in [6.07, 6.45) is -1.02. The number of fused-ring (bicyclic) bond motifs is 1. The fourth-order valence-electron chi connectivity index (χ4n) is 5.30. The lowest BCUT2D eigenvalue weighted by Crippen LogP contribution is -2.38. The normalized spacial score (nSPS) is 17.1. The number of hydrogen-bond donors (Lipinski definition) is 1. The molecule has 39 heavy (non-hydrogen) atoms. The molecule has 1 aliphatic heterocycles. The minimum atomic E-state index is -4.19. The molecule has 0 saturated carbocycles. The van der Waals surface area contributed by atoms with Gasteiger partial charge in [-0.25, -0.2) is 14.6 Å². The first-order valence-corrected chi connectivity index (χ1v) is 12.8. The Bertz CT molecular complexity index is 1510. The molecule has 1 unspecified atom stereocenters. The predicted molar refractivity (Wildman–Crippen MR) is 138 cm³/mol. The zero-order valence-corrected chi connectivity index (χ0v) is 22.8. The number of aryl methyl sites for hydroxylation is 2. The van der Waals surface area contributed by atoms with Gasteiger partial charge in [0, 0.05) is 31.6 Å². The van der Waals surface area contributed by atoms with Crippen molar-refractivity contribution in [2.45, 2.75) is 38.1 Å². The molecule has 3 aromatic heterocycles. The average molecular weight is 564 g/mol. The van der Waals surface area contributed by atoms with Gasteiger partial charge in [-0.1, -0.05) is 22.9 Å². The third-order valence-corrected chi connectivity index (χ3v) is 8.13. The maximum Gasteiger partial charge on any atom is 0.391 e. The molecule has 1 atom stereocenters. The summed E-state index contributed by atoms with van der Waals surface area (Å²) < 4.78 is 48.3. The fraction of sp³-hybridized carbons (Fsp3) is 0.462. The molecule has 1 fully saturated rings. The van der Waals surface area contributed by atoms with Gasteiger partial charge in [0.05, 0.1) is 41.7 Å². The number of hydrogen-bond acceptors (Lipinski definition) is 7. The Hall–Kier alpha value is -3.22. The predicted octanol–water partition coefficient (Wildman–Crippen LogP) is 4.13. The smallest absolute Gasteiger partial charge is 0.391 e. The summed E-state index contributed by atoms with van der Waals surface area (Å²) in [4.78, 5) is 10.9. The van der Waals surface area contributed by atoms with Crippen LogP contribution in [0.4, 0.5) is 13.2 Å². The molecule has 9 nitrogen and oxygen atoms in total. The SMILES string of the molecule is COc1nc2ccc(C(O)(c3cnnn3C)c3cnc(C)n3C)cc2c(Cl)c1CN1CCC(C(F)(F)F)CC1. The van der Waals surface area contributed by atoms with Crippen LogP contribution >= 0.6 is 11.6 Å². The molecule has 1 aromatic carbocycles. The third-order valence-electron chi connectivity index (χ3n) is 7.70. The number of halogens is 4. The molecule has 4 aromatic rings. The van der Waals surface area contributed by atoms with Gasteiger partial charge < -0.3 is 14.4 Å². The van der Waals surface area contributed by atoms with Crippen LogP contribution in [-0.4, -0.2) is 65.9 Å². The van der Waals surface area contributed by atoms with Crippen LogP contribution in [0.5, 0.6) is 5.88 Å². The first-order chi connectivity index (χ1) is 18.4. The molecular formula is C26H29ClF3N7O2. The number of aromatic nitrogens is 6. The van der Waals surface area contributed by atoms with Gasteiger partial charge >= 0.3 is 6.18 Å². The standard InChI is InChI=1S/C26H29ClF3N7O2/c1-15-31-12-21(35(15)2)25(38,22-13-32-34-36(22)3)17-5-6-20-18(11-17)23(27)19(24(33-20)39-4)14-37-9-7-16(8-10-37)26(28,29)30/h5-6,11-13,16,38H,7-10,14H2,1-4H3. The van der Waals surface area contributed by atoms with E-state index in [9.17, 15) is 18.3 Å². The third kappa shape index (κ3) is 4.74. The van der Waals surface area contributed by atoms with E-state index < -0.39 is 17.7 Å². The second kappa shape index (κ2) is 10.1. The molecule has 1 saturated heterocycles. The molecule has 0 aliphatic carbocycles. The second-order valence-corrected chi connectivity index (χ2v) is 10.3. The van der Waals surface area contributed by atoms with Crippen LogP contribution in [0.3, 0.4) is 0 Å². The molecule has 0 bridgehead atoms. The topological polar surface area (TPSA) is 94.1 Å². The quantitative estimate of drug-likeness (QED) is 0.377. The monoisotopic (exact) mass is 563 g/mol. The number of pyridine rings is 1. The van der Waals surface area contributed by atoms with Gasteiger partial charge in [0.25, 0.3) is 0 Å².